The molecule has 4 rings (SSSR count). The second-order valence-electron chi connectivity index (χ2n) is 6.33. The fourth-order valence-electron chi connectivity index (χ4n) is 3.49. The number of piperidine rings is 1. The maximum Gasteiger partial charge on any atom is 0.224 e. The molecule has 1 N–H and O–H groups in total. The van der Waals surface area contributed by atoms with Gasteiger partial charge in [-0.15, -0.1) is 0 Å². The molecule has 0 saturated carbocycles. The molecule has 6 nitrogen and oxygen atoms in total. The number of hydrogen-bond donors (Lipinski definition) is 1. The van der Waals surface area contributed by atoms with E-state index in [0.717, 1.165) is 42.8 Å². The Hall–Kier alpha value is -2.63. The van der Waals surface area contributed by atoms with Crippen LogP contribution in [0.2, 0.25) is 0 Å². The van der Waals surface area contributed by atoms with Crippen LogP contribution in [0.1, 0.15) is 31.0 Å². The Kier molecular flexibility index (Phi) is 4.02. The average molecular weight is 323 g/mol. The zero-order valence-electron chi connectivity index (χ0n) is 13.6. The predicted molar refractivity (Wildman–Crippen MR) is 91.5 cm³/mol. The first-order valence-corrected chi connectivity index (χ1v) is 8.48. The highest BCUT2D eigenvalue weighted by Gasteiger charge is 2.25. The van der Waals surface area contributed by atoms with Crippen molar-refractivity contribution >= 4 is 16.9 Å². The van der Waals surface area contributed by atoms with E-state index in [2.05, 4.69) is 19.5 Å². The Bertz CT molecular complexity index is 823. The quantitative estimate of drug-likeness (QED) is 0.802. The maximum atomic E-state index is 12.6. The minimum absolute atomic E-state index is 0.212. The van der Waals surface area contributed by atoms with Crippen LogP contribution in [0.4, 0.5) is 0 Å². The van der Waals surface area contributed by atoms with Crippen molar-refractivity contribution < 1.29 is 4.79 Å². The number of aryl methyl sites for hydroxylation is 1. The molecule has 6 heteroatoms. The van der Waals surface area contributed by atoms with Crippen LogP contribution in [0.3, 0.4) is 0 Å². The van der Waals surface area contributed by atoms with Crippen molar-refractivity contribution in [2.45, 2.75) is 31.7 Å². The van der Waals surface area contributed by atoms with Crippen molar-refractivity contribution in [3.8, 4) is 0 Å². The number of carbonyl (C=O) groups is 1. The van der Waals surface area contributed by atoms with Crippen LogP contribution in [-0.4, -0.2) is 43.4 Å². The van der Waals surface area contributed by atoms with E-state index in [1.165, 1.54) is 0 Å². The molecule has 1 saturated heterocycles. The maximum absolute atomic E-state index is 12.6. The molecule has 0 spiro atoms. The molecule has 1 fully saturated rings. The predicted octanol–water partition coefficient (Wildman–Crippen LogP) is 2.56. The number of hydrogen-bond acceptors (Lipinski definition) is 3. The van der Waals surface area contributed by atoms with Gasteiger partial charge in [-0.3, -0.25) is 4.79 Å². The van der Waals surface area contributed by atoms with Crippen LogP contribution in [0.15, 0.2) is 43.0 Å². The summed E-state index contributed by atoms with van der Waals surface area (Å²) in [6.07, 6.45) is 8.07. The smallest absolute Gasteiger partial charge is 0.224 e. The van der Waals surface area contributed by atoms with Gasteiger partial charge in [0.2, 0.25) is 5.91 Å². The van der Waals surface area contributed by atoms with E-state index in [-0.39, 0.29) is 5.91 Å². The van der Waals surface area contributed by atoms with E-state index in [0.29, 0.717) is 18.9 Å². The normalized spacial score (nSPS) is 18.2. The first-order valence-electron chi connectivity index (χ1n) is 8.48. The number of amides is 1. The second kappa shape index (κ2) is 6.47. The van der Waals surface area contributed by atoms with Crippen molar-refractivity contribution in [2.75, 3.05) is 13.1 Å². The Labute approximate surface area is 140 Å². The van der Waals surface area contributed by atoms with E-state index in [4.69, 9.17) is 0 Å². The molecule has 2 aromatic heterocycles. The fourth-order valence-corrected chi connectivity index (χ4v) is 3.49. The van der Waals surface area contributed by atoms with Crippen LogP contribution in [0, 0.1) is 0 Å². The van der Waals surface area contributed by atoms with Gasteiger partial charge in [0, 0.05) is 44.4 Å². The lowest BCUT2D eigenvalue weighted by molar-refractivity contribution is -0.132. The van der Waals surface area contributed by atoms with Crippen molar-refractivity contribution in [3.05, 3.63) is 48.8 Å². The Morgan fingerprint density at radius 1 is 1.29 bits per heavy atom. The molecule has 3 heterocycles. The standard InChI is InChI=1S/C18H21N5O/c24-17(7-11-23-13-21-15-5-1-2-6-16(15)23)22-10-3-4-14(12-22)18-19-8-9-20-18/h1-2,5-6,8-9,13-14H,3-4,7,10-12H2,(H,19,20). The lowest BCUT2D eigenvalue weighted by Gasteiger charge is -2.32. The summed E-state index contributed by atoms with van der Waals surface area (Å²) in [4.78, 5) is 26.5. The number of likely N-dealkylation sites (tertiary alicyclic amines) is 1. The van der Waals surface area contributed by atoms with Crippen LogP contribution in [0.5, 0.6) is 0 Å². The third-order valence-electron chi connectivity index (χ3n) is 4.77. The summed E-state index contributed by atoms with van der Waals surface area (Å²) in [5.41, 5.74) is 2.05. The number of para-hydroxylation sites is 2. The lowest BCUT2D eigenvalue weighted by Crippen LogP contribution is -2.39. The number of H-pyrrole nitrogens is 1. The van der Waals surface area contributed by atoms with E-state index in [9.17, 15) is 4.79 Å². The molecule has 1 aliphatic rings. The highest BCUT2D eigenvalue weighted by Crippen LogP contribution is 2.24. The number of benzene rings is 1. The van der Waals surface area contributed by atoms with Gasteiger partial charge in [-0.05, 0) is 25.0 Å². The second-order valence-corrected chi connectivity index (χ2v) is 6.33. The molecule has 0 bridgehead atoms. The van der Waals surface area contributed by atoms with Crippen molar-refractivity contribution in [1.82, 2.24) is 24.4 Å². The van der Waals surface area contributed by atoms with Crippen LogP contribution >= 0.6 is 0 Å². The molecule has 1 amide bonds. The first-order chi connectivity index (χ1) is 11.8. The van der Waals surface area contributed by atoms with Crippen molar-refractivity contribution in [2.24, 2.45) is 0 Å². The van der Waals surface area contributed by atoms with Gasteiger partial charge < -0.3 is 14.5 Å². The highest BCUT2D eigenvalue weighted by molar-refractivity contribution is 5.77. The van der Waals surface area contributed by atoms with Gasteiger partial charge in [-0.1, -0.05) is 12.1 Å². The van der Waals surface area contributed by atoms with Gasteiger partial charge in [0.05, 0.1) is 17.4 Å². The summed E-state index contributed by atoms with van der Waals surface area (Å²) >= 11 is 0. The third-order valence-corrected chi connectivity index (χ3v) is 4.77. The molecule has 1 atom stereocenters. The summed E-state index contributed by atoms with van der Waals surface area (Å²) in [6, 6.07) is 8.02. The molecule has 24 heavy (non-hydrogen) atoms. The van der Waals surface area contributed by atoms with Gasteiger partial charge in [-0.2, -0.15) is 0 Å². The number of rotatable bonds is 4. The third kappa shape index (κ3) is 2.91. The molecular weight excluding hydrogens is 302 g/mol. The van der Waals surface area contributed by atoms with Crippen molar-refractivity contribution in [3.63, 3.8) is 0 Å². The molecule has 0 aliphatic carbocycles. The van der Waals surface area contributed by atoms with Gasteiger partial charge in [0.15, 0.2) is 0 Å². The lowest BCUT2D eigenvalue weighted by atomic mass is 9.97. The topological polar surface area (TPSA) is 66.8 Å². The summed E-state index contributed by atoms with van der Waals surface area (Å²) in [6.45, 7) is 2.28. The zero-order chi connectivity index (χ0) is 16.4. The largest absolute Gasteiger partial charge is 0.348 e. The SMILES string of the molecule is O=C(CCn1cnc2ccccc21)N1CCCC(c2ncc[nH]2)C1. The Balaban J connectivity index is 1.39. The molecule has 3 aromatic rings. The van der Waals surface area contributed by atoms with E-state index in [1.54, 1.807) is 6.20 Å². The van der Waals surface area contributed by atoms with Crippen LogP contribution in [0.25, 0.3) is 11.0 Å². The molecule has 1 unspecified atom stereocenters. The number of fused-ring (bicyclic) bond motifs is 1. The molecule has 0 radical (unpaired) electrons. The molecular formula is C18H21N5O. The molecule has 1 aromatic carbocycles. The number of nitrogens with zero attached hydrogens (tertiary/aromatic N) is 4. The fraction of sp³-hybridized carbons (Fsp3) is 0.389. The van der Waals surface area contributed by atoms with Gasteiger partial charge in [0.1, 0.15) is 5.82 Å². The number of nitrogens with one attached hydrogen (secondary N) is 1. The summed E-state index contributed by atoms with van der Waals surface area (Å²) in [5.74, 6) is 1.53. The number of carbonyl (C=O) groups excluding carboxylic acids is 1. The van der Waals surface area contributed by atoms with Crippen LogP contribution < -0.4 is 0 Å². The molecule has 124 valence electrons. The zero-order valence-corrected chi connectivity index (χ0v) is 13.6. The summed E-state index contributed by atoms with van der Waals surface area (Å²) in [7, 11) is 0. The highest BCUT2D eigenvalue weighted by atomic mass is 16.2. The Morgan fingerprint density at radius 3 is 3.08 bits per heavy atom. The van der Waals surface area contributed by atoms with Gasteiger partial charge in [-0.25, -0.2) is 9.97 Å². The first kappa shape index (κ1) is 14.9. The van der Waals surface area contributed by atoms with Crippen LogP contribution in [-0.2, 0) is 11.3 Å². The monoisotopic (exact) mass is 323 g/mol. The molecule has 1 aliphatic heterocycles. The Morgan fingerprint density at radius 2 is 2.21 bits per heavy atom. The van der Waals surface area contributed by atoms with Gasteiger partial charge in [0.25, 0.3) is 0 Å². The minimum atomic E-state index is 0.212. The van der Waals surface area contributed by atoms with Crippen molar-refractivity contribution in [1.29, 1.82) is 0 Å². The average Bonchev–Trinajstić information content (AvgIpc) is 3.30. The van der Waals surface area contributed by atoms with Gasteiger partial charge >= 0.3 is 0 Å². The van der Waals surface area contributed by atoms with E-state index >= 15 is 0 Å². The number of aromatic nitrogens is 4. The summed E-state index contributed by atoms with van der Waals surface area (Å²) < 4.78 is 2.06. The van der Waals surface area contributed by atoms with E-state index < -0.39 is 0 Å². The summed E-state index contributed by atoms with van der Waals surface area (Å²) in [5, 5.41) is 0. The number of aromatic amines is 1. The minimum Gasteiger partial charge on any atom is -0.348 e. The number of imidazole rings is 2. The van der Waals surface area contributed by atoms with E-state index in [1.807, 2.05) is 41.7 Å².